The van der Waals surface area contributed by atoms with Gasteiger partial charge in [0.2, 0.25) is 0 Å². The summed E-state index contributed by atoms with van der Waals surface area (Å²) in [5.41, 5.74) is 9.53. The minimum atomic E-state index is 0.308. The van der Waals surface area contributed by atoms with E-state index in [1.165, 1.54) is 6.33 Å². The van der Waals surface area contributed by atoms with Crippen molar-refractivity contribution in [2.75, 3.05) is 5.73 Å². The van der Waals surface area contributed by atoms with E-state index in [4.69, 9.17) is 22.1 Å². The van der Waals surface area contributed by atoms with Gasteiger partial charge >= 0.3 is 0 Å². The predicted octanol–water partition coefficient (Wildman–Crippen LogP) is 3.24. The van der Waals surface area contributed by atoms with Crippen molar-refractivity contribution in [3.8, 4) is 16.9 Å². The molecule has 4 aromatic rings. The maximum Gasteiger partial charge on any atom is 0.153 e. The van der Waals surface area contributed by atoms with Gasteiger partial charge in [-0.05, 0) is 23.8 Å². The minimum Gasteiger partial charge on any atom is -0.485 e. The average molecular weight is 367 g/mol. The molecule has 130 valence electrons. The summed E-state index contributed by atoms with van der Waals surface area (Å²) in [7, 11) is 1.86. The molecule has 3 aromatic heterocycles. The van der Waals surface area contributed by atoms with Crippen LogP contribution in [-0.4, -0.2) is 24.7 Å². The van der Waals surface area contributed by atoms with Crippen molar-refractivity contribution < 1.29 is 4.74 Å². The highest BCUT2D eigenvalue weighted by Gasteiger charge is 2.16. The van der Waals surface area contributed by atoms with Gasteiger partial charge in [0, 0.05) is 18.3 Å². The first-order chi connectivity index (χ1) is 12.6. The van der Waals surface area contributed by atoms with Crippen molar-refractivity contribution in [2.45, 2.75) is 6.61 Å². The van der Waals surface area contributed by atoms with E-state index in [2.05, 4.69) is 20.1 Å². The molecule has 0 amide bonds. The van der Waals surface area contributed by atoms with Crippen molar-refractivity contribution in [1.82, 2.24) is 24.7 Å². The Morgan fingerprint density at radius 1 is 1.15 bits per heavy atom. The van der Waals surface area contributed by atoms with Gasteiger partial charge in [-0.25, -0.2) is 15.0 Å². The maximum absolute atomic E-state index is 6.18. The summed E-state index contributed by atoms with van der Waals surface area (Å²) in [5, 5.41) is 4.94. The molecule has 0 radical (unpaired) electrons. The fourth-order valence-electron chi connectivity index (χ4n) is 2.73. The topological polar surface area (TPSA) is 91.7 Å². The number of benzene rings is 1. The van der Waals surface area contributed by atoms with Crippen LogP contribution in [0.25, 0.3) is 22.2 Å². The van der Waals surface area contributed by atoms with Crippen molar-refractivity contribution in [3.63, 3.8) is 0 Å². The van der Waals surface area contributed by atoms with E-state index in [1.54, 1.807) is 10.9 Å². The minimum absolute atomic E-state index is 0.308. The molecule has 0 saturated carbocycles. The predicted molar refractivity (Wildman–Crippen MR) is 99.7 cm³/mol. The van der Waals surface area contributed by atoms with Crippen LogP contribution in [0.15, 0.2) is 49.1 Å². The number of halogens is 1. The molecule has 1 aromatic carbocycles. The molecule has 0 saturated heterocycles. The lowest BCUT2D eigenvalue weighted by Crippen LogP contribution is -2.02. The van der Waals surface area contributed by atoms with Crippen LogP contribution in [0.1, 0.15) is 5.69 Å². The van der Waals surface area contributed by atoms with E-state index in [0.717, 1.165) is 16.8 Å². The van der Waals surface area contributed by atoms with E-state index in [-0.39, 0.29) is 0 Å². The highest BCUT2D eigenvalue weighted by atomic mass is 35.5. The Morgan fingerprint density at radius 2 is 2.04 bits per heavy atom. The number of nitrogens with two attached hydrogens (primary N) is 1. The molecule has 0 aliphatic heterocycles. The van der Waals surface area contributed by atoms with E-state index in [9.17, 15) is 0 Å². The van der Waals surface area contributed by atoms with E-state index in [0.29, 0.717) is 34.2 Å². The second kappa shape index (κ2) is 6.61. The fourth-order valence-corrected chi connectivity index (χ4v) is 2.92. The lowest BCUT2D eigenvalue weighted by Gasteiger charge is -2.13. The molecular weight excluding hydrogens is 352 g/mol. The molecule has 0 bridgehead atoms. The van der Waals surface area contributed by atoms with Crippen LogP contribution in [0.2, 0.25) is 5.02 Å². The lowest BCUT2D eigenvalue weighted by molar-refractivity contribution is 0.300. The highest BCUT2D eigenvalue weighted by molar-refractivity contribution is 6.31. The second-order valence-corrected chi connectivity index (χ2v) is 6.17. The molecule has 2 N–H and O–H groups in total. The SMILES string of the molecule is Cn1ccc(COc2cnc3c(N)ncnc3c2-c2cccc(Cl)c2)n1. The standard InChI is InChI=1S/C18H15ClN6O/c1-25-6-5-13(24-25)9-26-14-8-21-17-16(22-10-23-18(17)20)15(14)11-3-2-4-12(19)7-11/h2-8,10H,9H2,1H3,(H2,20,22,23). The van der Waals surface area contributed by atoms with Gasteiger partial charge in [-0.15, -0.1) is 0 Å². The average Bonchev–Trinajstić information content (AvgIpc) is 3.05. The molecule has 26 heavy (non-hydrogen) atoms. The smallest absolute Gasteiger partial charge is 0.153 e. The molecule has 0 aliphatic rings. The van der Waals surface area contributed by atoms with Gasteiger partial charge in [-0.1, -0.05) is 23.7 Å². The Bertz CT molecular complexity index is 1090. The summed E-state index contributed by atoms with van der Waals surface area (Å²) in [6.45, 7) is 0.308. The van der Waals surface area contributed by atoms with Crippen LogP contribution in [0.4, 0.5) is 5.82 Å². The van der Waals surface area contributed by atoms with Crippen LogP contribution in [0.3, 0.4) is 0 Å². The molecule has 3 heterocycles. The zero-order valence-electron chi connectivity index (χ0n) is 13.9. The summed E-state index contributed by atoms with van der Waals surface area (Å²) >= 11 is 6.18. The molecular formula is C18H15ClN6O. The number of rotatable bonds is 4. The Labute approximate surface area is 154 Å². The van der Waals surface area contributed by atoms with Crippen molar-refractivity contribution >= 4 is 28.5 Å². The molecule has 0 atom stereocenters. The Balaban J connectivity index is 1.85. The number of nitrogen functional groups attached to an aromatic ring is 1. The van der Waals surface area contributed by atoms with Crippen LogP contribution in [0, 0.1) is 0 Å². The summed E-state index contributed by atoms with van der Waals surface area (Å²) in [6, 6.07) is 9.37. The van der Waals surface area contributed by atoms with Crippen molar-refractivity contribution in [1.29, 1.82) is 0 Å². The molecule has 0 unspecified atom stereocenters. The molecule has 0 spiro atoms. The van der Waals surface area contributed by atoms with Gasteiger partial charge in [0.25, 0.3) is 0 Å². The Kier molecular flexibility index (Phi) is 4.14. The Morgan fingerprint density at radius 3 is 2.81 bits per heavy atom. The monoisotopic (exact) mass is 366 g/mol. The second-order valence-electron chi connectivity index (χ2n) is 5.73. The summed E-state index contributed by atoms with van der Waals surface area (Å²) in [5.74, 6) is 0.887. The number of aromatic nitrogens is 5. The molecule has 7 nitrogen and oxygen atoms in total. The van der Waals surface area contributed by atoms with E-state index < -0.39 is 0 Å². The van der Waals surface area contributed by atoms with Gasteiger partial charge in [0.05, 0.1) is 17.5 Å². The van der Waals surface area contributed by atoms with E-state index >= 15 is 0 Å². The summed E-state index contributed by atoms with van der Waals surface area (Å²) in [6.07, 6.45) is 4.90. The largest absolute Gasteiger partial charge is 0.485 e. The first-order valence-corrected chi connectivity index (χ1v) is 8.26. The van der Waals surface area contributed by atoms with Crippen LogP contribution in [0.5, 0.6) is 5.75 Å². The molecule has 8 heteroatoms. The first kappa shape index (κ1) is 16.3. The number of pyridine rings is 1. The quantitative estimate of drug-likeness (QED) is 0.596. The van der Waals surface area contributed by atoms with Crippen LogP contribution in [-0.2, 0) is 13.7 Å². The number of ether oxygens (including phenoxy) is 1. The Hall–Kier alpha value is -3.19. The number of aryl methyl sites for hydroxylation is 1. The van der Waals surface area contributed by atoms with Gasteiger partial charge in [0.15, 0.2) is 5.82 Å². The zero-order valence-corrected chi connectivity index (χ0v) is 14.7. The van der Waals surface area contributed by atoms with Gasteiger partial charge in [-0.3, -0.25) is 4.68 Å². The number of nitrogens with zero attached hydrogens (tertiary/aromatic N) is 5. The summed E-state index contributed by atoms with van der Waals surface area (Å²) in [4.78, 5) is 12.8. The lowest BCUT2D eigenvalue weighted by atomic mass is 10.0. The maximum atomic E-state index is 6.18. The van der Waals surface area contributed by atoms with Gasteiger partial charge in [0.1, 0.15) is 29.7 Å². The normalized spacial score (nSPS) is 11.0. The number of fused-ring (bicyclic) bond motifs is 1. The number of hydrogen-bond donors (Lipinski definition) is 1. The van der Waals surface area contributed by atoms with Crippen molar-refractivity contribution in [2.24, 2.45) is 7.05 Å². The zero-order chi connectivity index (χ0) is 18.1. The first-order valence-electron chi connectivity index (χ1n) is 7.88. The van der Waals surface area contributed by atoms with E-state index in [1.807, 2.05) is 43.6 Å². The third-order valence-corrected chi connectivity index (χ3v) is 4.14. The molecule has 0 aliphatic carbocycles. The van der Waals surface area contributed by atoms with Crippen molar-refractivity contribution in [3.05, 3.63) is 59.8 Å². The fraction of sp³-hybridized carbons (Fsp3) is 0.111. The third kappa shape index (κ3) is 3.04. The number of hydrogen-bond acceptors (Lipinski definition) is 6. The molecule has 4 rings (SSSR count). The third-order valence-electron chi connectivity index (χ3n) is 3.90. The van der Waals surface area contributed by atoms with Gasteiger partial charge < -0.3 is 10.5 Å². The van der Waals surface area contributed by atoms with Crippen LogP contribution < -0.4 is 10.5 Å². The van der Waals surface area contributed by atoms with Gasteiger partial charge in [-0.2, -0.15) is 5.10 Å². The summed E-state index contributed by atoms with van der Waals surface area (Å²) < 4.78 is 7.72. The number of anilines is 1. The highest BCUT2D eigenvalue weighted by Crippen LogP contribution is 2.37. The van der Waals surface area contributed by atoms with Crippen LogP contribution >= 0.6 is 11.6 Å². The molecule has 0 fully saturated rings.